The Labute approximate surface area is 121 Å². The highest BCUT2D eigenvalue weighted by Gasteiger charge is 2.20. The molecule has 0 radical (unpaired) electrons. The van der Waals surface area contributed by atoms with Crippen LogP contribution < -0.4 is 5.32 Å². The molecule has 0 saturated heterocycles. The van der Waals surface area contributed by atoms with Crippen LogP contribution in [0, 0.1) is 12.8 Å². The zero-order valence-electron chi connectivity index (χ0n) is 12.5. The highest BCUT2D eigenvalue weighted by atomic mass is 32.2. The lowest BCUT2D eigenvalue weighted by Gasteiger charge is -2.17. The van der Waals surface area contributed by atoms with Crippen molar-refractivity contribution >= 4 is 15.7 Å². The molecule has 1 atom stereocenters. The number of carbonyl (C=O) groups is 1. The molecule has 1 N–H and O–H groups in total. The van der Waals surface area contributed by atoms with Gasteiger partial charge in [0.2, 0.25) is 5.91 Å². The van der Waals surface area contributed by atoms with Crippen LogP contribution >= 0.6 is 0 Å². The number of nitrogens with one attached hydrogen (secondary N) is 1. The number of carbonyl (C=O) groups excluding carboxylic acids is 1. The Kier molecular flexibility index (Phi) is 5.74. The van der Waals surface area contributed by atoms with Crippen LogP contribution in [0.25, 0.3) is 0 Å². The second kappa shape index (κ2) is 6.88. The van der Waals surface area contributed by atoms with Crippen LogP contribution in [-0.4, -0.2) is 26.1 Å². The predicted octanol–water partition coefficient (Wildman–Crippen LogP) is 2.07. The Morgan fingerprint density at radius 1 is 1.20 bits per heavy atom. The molecular formula is C15H23NO3S. The van der Waals surface area contributed by atoms with E-state index in [4.69, 9.17) is 0 Å². The largest absolute Gasteiger partial charge is 0.353 e. The van der Waals surface area contributed by atoms with E-state index in [2.05, 4.69) is 5.32 Å². The first-order valence-electron chi connectivity index (χ1n) is 6.75. The highest BCUT2D eigenvalue weighted by molar-refractivity contribution is 7.91. The monoisotopic (exact) mass is 297 g/mol. The Balaban J connectivity index is 2.67. The lowest BCUT2D eigenvalue weighted by molar-refractivity contribution is -0.119. The molecule has 20 heavy (non-hydrogen) atoms. The number of aryl methyl sites for hydroxylation is 1. The summed E-state index contributed by atoms with van der Waals surface area (Å²) in [6.07, 6.45) is 0. The molecule has 0 heterocycles. The molecule has 0 aliphatic rings. The molecule has 1 aromatic carbocycles. The van der Waals surface area contributed by atoms with Gasteiger partial charge in [0, 0.05) is 6.04 Å². The number of hydrogen-bond donors (Lipinski definition) is 1. The maximum Gasteiger partial charge on any atom is 0.235 e. The smallest absolute Gasteiger partial charge is 0.235 e. The second-order valence-corrected chi connectivity index (χ2v) is 7.62. The fourth-order valence-corrected chi connectivity index (χ4v) is 3.10. The average Bonchev–Trinajstić information content (AvgIpc) is 2.30. The minimum atomic E-state index is -3.44. The van der Waals surface area contributed by atoms with E-state index < -0.39 is 21.5 Å². The van der Waals surface area contributed by atoms with Gasteiger partial charge in [-0.05, 0) is 30.9 Å². The molecule has 0 aliphatic carbocycles. The first-order chi connectivity index (χ1) is 9.21. The van der Waals surface area contributed by atoms with Crippen LogP contribution in [-0.2, 0) is 20.4 Å². The fraction of sp³-hybridized carbons (Fsp3) is 0.533. The van der Waals surface area contributed by atoms with Crippen molar-refractivity contribution in [1.82, 2.24) is 5.32 Å². The third-order valence-corrected chi connectivity index (χ3v) is 4.83. The zero-order valence-corrected chi connectivity index (χ0v) is 13.3. The van der Waals surface area contributed by atoms with E-state index in [1.54, 1.807) is 12.1 Å². The van der Waals surface area contributed by atoms with Gasteiger partial charge in [-0.3, -0.25) is 4.79 Å². The molecule has 0 bridgehead atoms. The van der Waals surface area contributed by atoms with Crippen molar-refractivity contribution in [2.75, 3.05) is 5.75 Å². The van der Waals surface area contributed by atoms with Gasteiger partial charge < -0.3 is 5.32 Å². The van der Waals surface area contributed by atoms with Gasteiger partial charge in [0.1, 0.15) is 5.75 Å². The van der Waals surface area contributed by atoms with Gasteiger partial charge in [-0.1, -0.05) is 38.1 Å². The summed E-state index contributed by atoms with van der Waals surface area (Å²) in [5.74, 6) is -0.709. The maximum atomic E-state index is 12.1. The fourth-order valence-electron chi connectivity index (χ4n) is 1.72. The van der Waals surface area contributed by atoms with Crippen molar-refractivity contribution in [3.8, 4) is 0 Å². The number of hydrogen-bond acceptors (Lipinski definition) is 3. The van der Waals surface area contributed by atoms with Crippen LogP contribution in [0.15, 0.2) is 24.3 Å². The zero-order chi connectivity index (χ0) is 15.3. The number of sulfone groups is 1. The van der Waals surface area contributed by atoms with Gasteiger partial charge in [-0.15, -0.1) is 0 Å². The van der Waals surface area contributed by atoms with Gasteiger partial charge >= 0.3 is 0 Å². The minimum absolute atomic E-state index is 0.0313. The molecular weight excluding hydrogens is 274 g/mol. The maximum absolute atomic E-state index is 12.1. The molecule has 1 amide bonds. The van der Waals surface area contributed by atoms with Gasteiger partial charge in [0.05, 0.1) is 5.75 Å². The van der Waals surface area contributed by atoms with Crippen LogP contribution in [0.2, 0.25) is 0 Å². The van der Waals surface area contributed by atoms with Crippen LogP contribution in [0.5, 0.6) is 0 Å². The van der Waals surface area contributed by atoms with E-state index in [-0.39, 0.29) is 17.7 Å². The summed E-state index contributed by atoms with van der Waals surface area (Å²) < 4.78 is 24.1. The number of benzene rings is 1. The molecule has 0 spiro atoms. The Morgan fingerprint density at radius 3 is 2.35 bits per heavy atom. The number of amides is 1. The van der Waals surface area contributed by atoms with E-state index >= 15 is 0 Å². The Morgan fingerprint density at radius 2 is 1.80 bits per heavy atom. The van der Waals surface area contributed by atoms with Crippen molar-refractivity contribution in [3.63, 3.8) is 0 Å². The molecule has 0 aliphatic heterocycles. The van der Waals surface area contributed by atoms with E-state index in [1.165, 1.54) is 0 Å². The second-order valence-electron chi connectivity index (χ2n) is 5.56. The topological polar surface area (TPSA) is 63.2 Å². The minimum Gasteiger partial charge on any atom is -0.353 e. The molecule has 4 nitrogen and oxygen atoms in total. The average molecular weight is 297 g/mol. The number of rotatable bonds is 6. The standard InChI is InChI=1S/C15H23NO3S/c1-11(2)13(4)16-15(17)10-20(18,19)9-14-8-6-5-7-12(14)3/h5-8,11,13H,9-10H2,1-4H3,(H,16,17)/t13-/m1/s1. The summed E-state index contributed by atoms with van der Waals surface area (Å²) in [7, 11) is -3.44. The van der Waals surface area contributed by atoms with E-state index in [9.17, 15) is 13.2 Å². The summed E-state index contributed by atoms with van der Waals surface area (Å²) >= 11 is 0. The van der Waals surface area contributed by atoms with Crippen LogP contribution in [0.1, 0.15) is 31.9 Å². The SMILES string of the molecule is Cc1ccccc1CS(=O)(=O)CC(=O)N[C@H](C)C(C)C. The predicted molar refractivity (Wildman–Crippen MR) is 81.1 cm³/mol. The lowest BCUT2D eigenvalue weighted by Crippen LogP contribution is -2.39. The van der Waals surface area contributed by atoms with Gasteiger partial charge in [-0.2, -0.15) is 0 Å². The lowest BCUT2D eigenvalue weighted by atomic mass is 10.1. The van der Waals surface area contributed by atoms with Crippen molar-refractivity contribution in [1.29, 1.82) is 0 Å². The Hall–Kier alpha value is -1.36. The molecule has 0 fully saturated rings. The van der Waals surface area contributed by atoms with E-state index in [0.717, 1.165) is 11.1 Å². The van der Waals surface area contributed by atoms with Gasteiger partial charge in [-0.25, -0.2) is 8.42 Å². The highest BCUT2D eigenvalue weighted by Crippen LogP contribution is 2.12. The third-order valence-electron chi connectivity index (χ3n) is 3.38. The summed E-state index contributed by atoms with van der Waals surface area (Å²) in [5.41, 5.74) is 1.67. The quantitative estimate of drug-likeness (QED) is 0.874. The van der Waals surface area contributed by atoms with Crippen LogP contribution in [0.4, 0.5) is 0 Å². The first kappa shape index (κ1) is 16.7. The summed E-state index contributed by atoms with van der Waals surface area (Å²) in [5, 5.41) is 2.72. The molecule has 0 saturated carbocycles. The normalized spacial score (nSPS) is 13.2. The molecule has 0 aromatic heterocycles. The summed E-state index contributed by atoms with van der Waals surface area (Å²) in [4.78, 5) is 11.8. The molecule has 1 aromatic rings. The van der Waals surface area contributed by atoms with Crippen molar-refractivity contribution in [3.05, 3.63) is 35.4 Å². The molecule has 5 heteroatoms. The van der Waals surface area contributed by atoms with Crippen molar-refractivity contribution in [2.24, 2.45) is 5.92 Å². The van der Waals surface area contributed by atoms with Crippen molar-refractivity contribution in [2.45, 2.75) is 39.5 Å². The van der Waals surface area contributed by atoms with Gasteiger partial charge in [0.25, 0.3) is 0 Å². The summed E-state index contributed by atoms with van der Waals surface area (Å²) in [6.45, 7) is 7.70. The molecule has 1 rings (SSSR count). The van der Waals surface area contributed by atoms with E-state index in [1.807, 2.05) is 39.8 Å². The van der Waals surface area contributed by atoms with Gasteiger partial charge in [0.15, 0.2) is 9.84 Å². The summed E-state index contributed by atoms with van der Waals surface area (Å²) in [6, 6.07) is 7.28. The van der Waals surface area contributed by atoms with Crippen LogP contribution in [0.3, 0.4) is 0 Å². The first-order valence-corrected chi connectivity index (χ1v) is 8.57. The molecule has 0 unspecified atom stereocenters. The van der Waals surface area contributed by atoms with E-state index in [0.29, 0.717) is 0 Å². The third kappa shape index (κ3) is 5.33. The van der Waals surface area contributed by atoms with Crippen molar-refractivity contribution < 1.29 is 13.2 Å². The molecule has 112 valence electrons. The Bertz CT molecular complexity index is 564.